The summed E-state index contributed by atoms with van der Waals surface area (Å²) in [5.74, 6) is 0.134. The number of nitrogens with one attached hydrogen (secondary N) is 1. The van der Waals surface area contributed by atoms with Crippen molar-refractivity contribution in [2.45, 2.75) is 24.8 Å². The van der Waals surface area contributed by atoms with Gasteiger partial charge in [-0.3, -0.25) is 0 Å². The Bertz CT molecular complexity index is 1170. The van der Waals surface area contributed by atoms with Gasteiger partial charge in [-0.1, -0.05) is 17.4 Å². The molecule has 1 atom stereocenters. The zero-order chi connectivity index (χ0) is 21.3. The van der Waals surface area contributed by atoms with Crippen LogP contribution in [0.2, 0.25) is 0 Å². The Morgan fingerprint density at radius 2 is 2.07 bits per heavy atom. The molecule has 1 aliphatic heterocycles. The van der Waals surface area contributed by atoms with Gasteiger partial charge in [0.25, 0.3) is 0 Å². The first-order chi connectivity index (χ1) is 14.3. The summed E-state index contributed by atoms with van der Waals surface area (Å²) in [7, 11) is -3.77. The average molecular weight is 450 g/mol. The van der Waals surface area contributed by atoms with Crippen molar-refractivity contribution in [3.63, 3.8) is 0 Å². The van der Waals surface area contributed by atoms with Gasteiger partial charge in [0.2, 0.25) is 15.2 Å². The highest BCUT2D eigenvalue weighted by atomic mass is 32.2. The molecule has 1 unspecified atom stereocenters. The van der Waals surface area contributed by atoms with E-state index in [4.69, 9.17) is 4.74 Å². The Morgan fingerprint density at radius 1 is 1.23 bits per heavy atom. The molecule has 0 spiro atoms. The molecule has 3 aromatic rings. The number of anilines is 2. The average Bonchev–Trinajstić information content (AvgIpc) is 3.15. The van der Waals surface area contributed by atoms with E-state index in [1.54, 1.807) is 19.1 Å². The molecule has 4 rings (SSSR count). The SMILES string of the molecule is Cc1nnc(Nc2cccc(C3CN(S(=O)(=O)c4ccc(F)c(C)c4)CCO3)n2)s1. The number of sulfonamides is 1. The fourth-order valence-corrected chi connectivity index (χ4v) is 5.22. The second kappa shape index (κ2) is 8.34. The summed E-state index contributed by atoms with van der Waals surface area (Å²) in [5.41, 5.74) is 0.893. The number of halogens is 1. The molecule has 1 aromatic carbocycles. The van der Waals surface area contributed by atoms with Crippen molar-refractivity contribution in [1.82, 2.24) is 19.5 Å². The third-order valence-corrected chi connectivity index (χ3v) is 7.27. The van der Waals surface area contributed by atoms with Crippen LogP contribution in [0.5, 0.6) is 0 Å². The van der Waals surface area contributed by atoms with Crippen LogP contribution in [0.1, 0.15) is 22.4 Å². The first-order valence-corrected chi connectivity index (χ1v) is 11.5. The van der Waals surface area contributed by atoms with E-state index in [1.165, 1.54) is 33.8 Å². The van der Waals surface area contributed by atoms with Gasteiger partial charge in [0.05, 0.1) is 17.2 Å². The highest BCUT2D eigenvalue weighted by Crippen LogP contribution is 2.28. The Hall–Kier alpha value is -2.47. The molecule has 1 saturated heterocycles. The van der Waals surface area contributed by atoms with Crippen molar-refractivity contribution in [1.29, 1.82) is 0 Å². The highest BCUT2D eigenvalue weighted by Gasteiger charge is 2.32. The zero-order valence-corrected chi connectivity index (χ0v) is 18.0. The van der Waals surface area contributed by atoms with E-state index in [-0.39, 0.29) is 30.2 Å². The summed E-state index contributed by atoms with van der Waals surface area (Å²) in [6.45, 7) is 3.97. The van der Waals surface area contributed by atoms with Crippen molar-refractivity contribution in [3.05, 3.63) is 58.5 Å². The van der Waals surface area contributed by atoms with E-state index in [1.807, 2.05) is 13.0 Å². The number of hydrogen-bond donors (Lipinski definition) is 1. The molecule has 30 heavy (non-hydrogen) atoms. The van der Waals surface area contributed by atoms with Gasteiger partial charge < -0.3 is 10.1 Å². The minimum Gasteiger partial charge on any atom is -0.369 e. The smallest absolute Gasteiger partial charge is 0.243 e. The minimum absolute atomic E-state index is 0.0667. The Kier molecular flexibility index (Phi) is 5.78. The highest BCUT2D eigenvalue weighted by molar-refractivity contribution is 7.89. The summed E-state index contributed by atoms with van der Waals surface area (Å²) in [4.78, 5) is 4.61. The second-order valence-electron chi connectivity index (χ2n) is 6.83. The van der Waals surface area contributed by atoms with Gasteiger partial charge in [-0.2, -0.15) is 4.31 Å². The van der Waals surface area contributed by atoms with E-state index in [0.29, 0.717) is 16.6 Å². The standard InChI is InChI=1S/C19H20FN5O3S2/c1-12-10-14(6-7-15(12)20)30(26,27)25-8-9-28-17(11-25)16-4-3-5-18(21-16)22-19-24-23-13(2)29-19/h3-7,10,17H,8-9,11H2,1-2H3,(H,21,22,24). The zero-order valence-electron chi connectivity index (χ0n) is 16.4. The van der Waals surface area contributed by atoms with Crippen molar-refractivity contribution in [3.8, 4) is 0 Å². The normalized spacial score (nSPS) is 17.8. The molecule has 0 amide bonds. The molecule has 0 radical (unpaired) electrons. The summed E-state index contributed by atoms with van der Waals surface area (Å²) in [6, 6.07) is 9.21. The van der Waals surface area contributed by atoms with E-state index >= 15 is 0 Å². The lowest BCUT2D eigenvalue weighted by Crippen LogP contribution is -2.42. The first-order valence-electron chi connectivity index (χ1n) is 9.25. The predicted molar refractivity (Wildman–Crippen MR) is 111 cm³/mol. The number of aryl methyl sites for hydroxylation is 2. The van der Waals surface area contributed by atoms with E-state index in [2.05, 4.69) is 20.5 Å². The van der Waals surface area contributed by atoms with Crippen LogP contribution in [0.4, 0.5) is 15.3 Å². The number of hydrogen-bond acceptors (Lipinski definition) is 8. The topological polar surface area (TPSA) is 97.3 Å². The van der Waals surface area contributed by atoms with Crippen LogP contribution in [-0.4, -0.2) is 47.6 Å². The van der Waals surface area contributed by atoms with Crippen LogP contribution in [-0.2, 0) is 14.8 Å². The van der Waals surface area contributed by atoms with Crippen LogP contribution in [0.25, 0.3) is 0 Å². The monoisotopic (exact) mass is 449 g/mol. The number of morpholine rings is 1. The molecular weight excluding hydrogens is 429 g/mol. The second-order valence-corrected chi connectivity index (χ2v) is 9.95. The molecule has 1 N–H and O–H groups in total. The Labute approximate surface area is 177 Å². The van der Waals surface area contributed by atoms with Gasteiger partial charge in [0, 0.05) is 13.1 Å². The van der Waals surface area contributed by atoms with Crippen molar-refractivity contribution in [2.24, 2.45) is 0 Å². The van der Waals surface area contributed by atoms with Crippen LogP contribution < -0.4 is 5.32 Å². The number of rotatable bonds is 5. The maximum Gasteiger partial charge on any atom is 0.243 e. The molecule has 0 saturated carbocycles. The van der Waals surface area contributed by atoms with Crippen molar-refractivity contribution in [2.75, 3.05) is 25.0 Å². The number of nitrogens with zero attached hydrogens (tertiary/aromatic N) is 4. The fraction of sp³-hybridized carbons (Fsp3) is 0.316. The van der Waals surface area contributed by atoms with Crippen LogP contribution in [0, 0.1) is 19.7 Å². The predicted octanol–water partition coefficient (Wildman–Crippen LogP) is 3.19. The molecule has 2 aromatic heterocycles. The molecule has 8 nitrogen and oxygen atoms in total. The molecule has 3 heterocycles. The number of pyridine rings is 1. The summed E-state index contributed by atoms with van der Waals surface area (Å²) >= 11 is 1.41. The van der Waals surface area contributed by atoms with Crippen LogP contribution in [0.3, 0.4) is 0 Å². The first kappa shape index (κ1) is 20.8. The molecule has 1 fully saturated rings. The van der Waals surface area contributed by atoms with Gasteiger partial charge in [-0.25, -0.2) is 17.8 Å². The van der Waals surface area contributed by atoms with Crippen LogP contribution >= 0.6 is 11.3 Å². The molecule has 0 bridgehead atoms. The van der Waals surface area contributed by atoms with Crippen LogP contribution in [0.15, 0.2) is 41.3 Å². The number of benzene rings is 1. The van der Waals surface area contributed by atoms with Crippen molar-refractivity contribution >= 4 is 32.3 Å². The van der Waals surface area contributed by atoms with Gasteiger partial charge in [-0.15, -0.1) is 10.2 Å². The minimum atomic E-state index is -3.77. The fourth-order valence-electron chi connectivity index (χ4n) is 3.11. The summed E-state index contributed by atoms with van der Waals surface area (Å²) in [5, 5.41) is 12.5. The molecule has 158 valence electrons. The third kappa shape index (κ3) is 4.33. The van der Waals surface area contributed by atoms with Gasteiger partial charge in [-0.05, 0) is 49.7 Å². The lowest BCUT2D eigenvalue weighted by Gasteiger charge is -2.32. The molecule has 1 aliphatic rings. The van der Waals surface area contributed by atoms with Gasteiger partial charge in [0.15, 0.2) is 0 Å². The maximum absolute atomic E-state index is 13.6. The van der Waals surface area contributed by atoms with E-state index < -0.39 is 21.9 Å². The number of ether oxygens (including phenoxy) is 1. The van der Waals surface area contributed by atoms with Crippen molar-refractivity contribution < 1.29 is 17.5 Å². The summed E-state index contributed by atoms with van der Waals surface area (Å²) in [6.07, 6.45) is -0.520. The quantitative estimate of drug-likeness (QED) is 0.639. The van der Waals surface area contributed by atoms with Gasteiger partial charge >= 0.3 is 0 Å². The van der Waals surface area contributed by atoms with Gasteiger partial charge in [0.1, 0.15) is 22.7 Å². The lowest BCUT2D eigenvalue weighted by atomic mass is 10.2. The lowest BCUT2D eigenvalue weighted by molar-refractivity contribution is -0.00486. The Balaban J connectivity index is 1.53. The maximum atomic E-state index is 13.6. The molecular formula is C19H20FN5O3S2. The molecule has 0 aliphatic carbocycles. The van der Waals surface area contributed by atoms with E-state index in [0.717, 1.165) is 5.01 Å². The van der Waals surface area contributed by atoms with E-state index in [9.17, 15) is 12.8 Å². The molecule has 11 heteroatoms. The largest absolute Gasteiger partial charge is 0.369 e. The number of aromatic nitrogens is 3. The third-order valence-electron chi connectivity index (χ3n) is 4.66. The Morgan fingerprint density at radius 3 is 2.80 bits per heavy atom. The summed E-state index contributed by atoms with van der Waals surface area (Å²) < 4.78 is 46.8.